The Morgan fingerprint density at radius 2 is 1.90 bits per heavy atom. The fourth-order valence-electron chi connectivity index (χ4n) is 3.04. The molecule has 3 aromatic heterocycles. The number of pyridine rings is 1. The number of amides is 1. The molecule has 0 radical (unpaired) electrons. The molecule has 4 rings (SSSR count). The first-order valence-electron chi connectivity index (χ1n) is 9.95. The molecule has 0 bridgehead atoms. The number of benzene rings is 1. The van der Waals surface area contributed by atoms with E-state index in [1.165, 1.54) is 0 Å². The Balaban J connectivity index is 1.32. The predicted molar refractivity (Wildman–Crippen MR) is 116 cm³/mol. The van der Waals surface area contributed by atoms with Gasteiger partial charge in [-0.2, -0.15) is 4.52 Å². The minimum atomic E-state index is -0.0570. The van der Waals surface area contributed by atoms with E-state index in [1.54, 1.807) is 24.0 Å². The van der Waals surface area contributed by atoms with E-state index in [1.807, 2.05) is 48.5 Å². The second kappa shape index (κ2) is 9.66. The van der Waals surface area contributed by atoms with Crippen LogP contribution in [0.15, 0.2) is 60.9 Å². The first-order valence-corrected chi connectivity index (χ1v) is 9.95. The second-order valence-corrected chi connectivity index (χ2v) is 6.94. The molecular weight excluding hydrogens is 394 g/mol. The molecule has 0 aliphatic heterocycles. The topological polar surface area (TPSA) is 106 Å². The molecule has 31 heavy (non-hydrogen) atoms. The van der Waals surface area contributed by atoms with Gasteiger partial charge in [0.25, 0.3) is 0 Å². The third-order valence-corrected chi connectivity index (χ3v) is 4.75. The van der Waals surface area contributed by atoms with E-state index in [2.05, 4.69) is 30.9 Å². The van der Waals surface area contributed by atoms with Gasteiger partial charge in [0.1, 0.15) is 11.6 Å². The van der Waals surface area contributed by atoms with Crippen LogP contribution in [-0.4, -0.2) is 37.8 Å². The maximum Gasteiger partial charge on any atom is 0.220 e. The highest BCUT2D eigenvalue weighted by molar-refractivity contribution is 5.76. The SMILES string of the molecule is COc1ccc(CNC(=O)CCc2nnc3ccc(NCc4cccnc4)nn23)cc1. The number of fused-ring (bicyclic) bond motifs is 1. The molecule has 0 atom stereocenters. The van der Waals surface area contributed by atoms with E-state index in [0.29, 0.717) is 43.2 Å². The van der Waals surface area contributed by atoms with Gasteiger partial charge < -0.3 is 15.4 Å². The summed E-state index contributed by atoms with van der Waals surface area (Å²) in [6.45, 7) is 1.07. The molecule has 0 saturated heterocycles. The van der Waals surface area contributed by atoms with Crippen molar-refractivity contribution in [2.45, 2.75) is 25.9 Å². The zero-order valence-electron chi connectivity index (χ0n) is 17.2. The molecule has 0 aliphatic rings. The Morgan fingerprint density at radius 1 is 1.03 bits per heavy atom. The third-order valence-electron chi connectivity index (χ3n) is 4.75. The van der Waals surface area contributed by atoms with E-state index in [-0.39, 0.29) is 5.91 Å². The first kappa shape index (κ1) is 20.3. The van der Waals surface area contributed by atoms with Crippen LogP contribution in [-0.2, 0) is 24.3 Å². The fourth-order valence-corrected chi connectivity index (χ4v) is 3.04. The normalized spacial score (nSPS) is 10.7. The smallest absolute Gasteiger partial charge is 0.220 e. The molecule has 1 aromatic carbocycles. The number of carbonyl (C=O) groups is 1. The average Bonchev–Trinajstić information content (AvgIpc) is 3.23. The number of anilines is 1. The van der Waals surface area contributed by atoms with Crippen molar-refractivity contribution in [3.8, 4) is 5.75 Å². The molecule has 9 nitrogen and oxygen atoms in total. The van der Waals surface area contributed by atoms with Gasteiger partial charge >= 0.3 is 0 Å². The monoisotopic (exact) mass is 417 g/mol. The van der Waals surface area contributed by atoms with Crippen molar-refractivity contribution in [2.75, 3.05) is 12.4 Å². The Bertz CT molecular complexity index is 1140. The number of nitrogens with one attached hydrogen (secondary N) is 2. The summed E-state index contributed by atoms with van der Waals surface area (Å²) >= 11 is 0. The number of rotatable bonds is 9. The minimum absolute atomic E-state index is 0.0570. The van der Waals surface area contributed by atoms with E-state index < -0.39 is 0 Å². The summed E-state index contributed by atoms with van der Waals surface area (Å²) < 4.78 is 6.81. The molecule has 0 fully saturated rings. The number of methoxy groups -OCH3 is 1. The lowest BCUT2D eigenvalue weighted by atomic mass is 10.2. The van der Waals surface area contributed by atoms with Crippen molar-refractivity contribution in [2.24, 2.45) is 0 Å². The molecule has 9 heteroatoms. The molecule has 3 heterocycles. The summed E-state index contributed by atoms with van der Waals surface area (Å²) in [5.74, 6) is 2.06. The number of aryl methyl sites for hydroxylation is 1. The van der Waals surface area contributed by atoms with Crippen molar-refractivity contribution in [3.63, 3.8) is 0 Å². The van der Waals surface area contributed by atoms with E-state index in [9.17, 15) is 4.79 Å². The second-order valence-electron chi connectivity index (χ2n) is 6.94. The maximum atomic E-state index is 12.3. The highest BCUT2D eigenvalue weighted by Crippen LogP contribution is 2.12. The Morgan fingerprint density at radius 3 is 2.68 bits per heavy atom. The summed E-state index contributed by atoms with van der Waals surface area (Å²) in [6.07, 6.45) is 4.28. The number of hydrogen-bond donors (Lipinski definition) is 2. The van der Waals surface area contributed by atoms with Gasteiger partial charge in [-0.25, -0.2) is 0 Å². The van der Waals surface area contributed by atoms with Crippen LogP contribution >= 0.6 is 0 Å². The zero-order valence-corrected chi connectivity index (χ0v) is 17.2. The molecule has 0 spiro atoms. The predicted octanol–water partition coefficient (Wildman–Crippen LogP) is 2.39. The van der Waals surface area contributed by atoms with Crippen LogP contribution in [0.4, 0.5) is 5.82 Å². The van der Waals surface area contributed by atoms with Crippen LogP contribution in [0.3, 0.4) is 0 Å². The fraction of sp³-hybridized carbons (Fsp3) is 0.227. The molecule has 0 saturated carbocycles. The number of aromatic nitrogens is 5. The summed E-state index contributed by atoms with van der Waals surface area (Å²) in [5, 5.41) is 19.1. The summed E-state index contributed by atoms with van der Waals surface area (Å²) in [4.78, 5) is 16.4. The van der Waals surface area contributed by atoms with Gasteiger partial charge in [0, 0.05) is 38.3 Å². The Hall–Kier alpha value is -4.01. The third kappa shape index (κ3) is 5.33. The van der Waals surface area contributed by atoms with Gasteiger partial charge in [-0.1, -0.05) is 18.2 Å². The molecule has 4 aromatic rings. The van der Waals surface area contributed by atoms with Crippen LogP contribution < -0.4 is 15.4 Å². The van der Waals surface area contributed by atoms with Crippen LogP contribution in [0.5, 0.6) is 5.75 Å². The van der Waals surface area contributed by atoms with E-state index in [4.69, 9.17) is 4.74 Å². The largest absolute Gasteiger partial charge is 0.497 e. The lowest BCUT2D eigenvalue weighted by Gasteiger charge is -2.07. The molecule has 0 unspecified atom stereocenters. The highest BCUT2D eigenvalue weighted by Gasteiger charge is 2.10. The Labute approximate surface area is 179 Å². The van der Waals surface area contributed by atoms with Gasteiger partial charge in [0.2, 0.25) is 5.91 Å². The van der Waals surface area contributed by atoms with Crippen molar-refractivity contribution in [1.29, 1.82) is 0 Å². The maximum absolute atomic E-state index is 12.3. The Kier molecular flexibility index (Phi) is 6.32. The summed E-state index contributed by atoms with van der Waals surface area (Å²) in [5.41, 5.74) is 2.70. The zero-order chi connectivity index (χ0) is 21.5. The van der Waals surface area contributed by atoms with Crippen LogP contribution in [0.25, 0.3) is 5.65 Å². The first-order chi connectivity index (χ1) is 15.2. The van der Waals surface area contributed by atoms with Crippen LogP contribution in [0.1, 0.15) is 23.4 Å². The minimum Gasteiger partial charge on any atom is -0.497 e. The number of carbonyl (C=O) groups excluding carboxylic acids is 1. The summed E-state index contributed by atoms with van der Waals surface area (Å²) in [7, 11) is 1.62. The standard InChI is InChI=1S/C22H23N7O2/c1-31-18-6-4-16(5-7-18)14-25-22(30)11-10-21-27-26-20-9-8-19(28-29(20)21)24-15-17-3-2-12-23-13-17/h2-9,12-13H,10-11,14-15H2,1H3,(H,24,28)(H,25,30). The van der Waals surface area contributed by atoms with Gasteiger partial charge in [0.05, 0.1) is 7.11 Å². The van der Waals surface area contributed by atoms with Crippen molar-refractivity contribution in [1.82, 2.24) is 30.1 Å². The summed E-state index contributed by atoms with van der Waals surface area (Å²) in [6, 6.07) is 15.2. The molecule has 0 aliphatic carbocycles. The van der Waals surface area contributed by atoms with Gasteiger partial charge in [-0.3, -0.25) is 9.78 Å². The number of nitrogens with zero attached hydrogens (tertiary/aromatic N) is 5. The van der Waals surface area contributed by atoms with Crippen LogP contribution in [0, 0.1) is 0 Å². The number of hydrogen-bond acceptors (Lipinski definition) is 7. The molecule has 1 amide bonds. The van der Waals surface area contributed by atoms with Crippen molar-refractivity contribution < 1.29 is 9.53 Å². The quantitative estimate of drug-likeness (QED) is 0.431. The van der Waals surface area contributed by atoms with Gasteiger partial charge in [-0.05, 0) is 41.5 Å². The lowest BCUT2D eigenvalue weighted by molar-refractivity contribution is -0.121. The van der Waals surface area contributed by atoms with Crippen molar-refractivity contribution in [3.05, 3.63) is 77.9 Å². The highest BCUT2D eigenvalue weighted by atomic mass is 16.5. The van der Waals surface area contributed by atoms with E-state index in [0.717, 1.165) is 16.9 Å². The number of ether oxygens (including phenoxy) is 1. The molecular formula is C22H23N7O2. The van der Waals surface area contributed by atoms with Gasteiger partial charge in [-0.15, -0.1) is 15.3 Å². The van der Waals surface area contributed by atoms with E-state index >= 15 is 0 Å². The van der Waals surface area contributed by atoms with Crippen molar-refractivity contribution >= 4 is 17.4 Å². The lowest BCUT2D eigenvalue weighted by Crippen LogP contribution is -2.23. The van der Waals surface area contributed by atoms with Crippen LogP contribution in [0.2, 0.25) is 0 Å². The molecule has 158 valence electrons. The molecule has 2 N–H and O–H groups in total. The average molecular weight is 417 g/mol. The van der Waals surface area contributed by atoms with Gasteiger partial charge in [0.15, 0.2) is 11.5 Å².